The molecule has 0 radical (unpaired) electrons. The van der Waals surface area contributed by atoms with Crippen molar-refractivity contribution in [3.63, 3.8) is 0 Å². The van der Waals surface area contributed by atoms with Crippen molar-refractivity contribution in [2.24, 2.45) is 5.92 Å². The lowest BCUT2D eigenvalue weighted by Crippen LogP contribution is -2.37. The summed E-state index contributed by atoms with van der Waals surface area (Å²) in [6.07, 6.45) is 5.32. The number of rotatable bonds is 3. The maximum absolute atomic E-state index is 11.9. The first-order valence-corrected chi connectivity index (χ1v) is 6.69. The summed E-state index contributed by atoms with van der Waals surface area (Å²) in [5.74, 6) is 0.0292. The molecular weight excluding hydrogens is 264 g/mol. The Labute approximate surface area is 117 Å². The SMILES string of the molecule is CC1C=C(NNC(=O)c2cc(Cl)ccc2O)CCC1. The van der Waals surface area contributed by atoms with Crippen LogP contribution in [0.1, 0.15) is 36.5 Å². The molecule has 0 saturated carbocycles. The number of nitrogens with one attached hydrogen (secondary N) is 2. The van der Waals surface area contributed by atoms with Crippen molar-refractivity contribution >= 4 is 17.5 Å². The van der Waals surface area contributed by atoms with Gasteiger partial charge in [0.2, 0.25) is 0 Å². The van der Waals surface area contributed by atoms with Crippen LogP contribution in [0.25, 0.3) is 0 Å². The van der Waals surface area contributed by atoms with Crippen molar-refractivity contribution in [1.29, 1.82) is 0 Å². The lowest BCUT2D eigenvalue weighted by Gasteiger charge is -2.19. The second-order valence-electron chi connectivity index (χ2n) is 4.80. The van der Waals surface area contributed by atoms with E-state index in [0.717, 1.165) is 18.5 Å². The topological polar surface area (TPSA) is 61.4 Å². The molecule has 1 aromatic carbocycles. The Bertz CT molecular complexity index is 514. The summed E-state index contributed by atoms with van der Waals surface area (Å²) in [6.45, 7) is 2.14. The molecule has 4 nitrogen and oxygen atoms in total. The van der Waals surface area contributed by atoms with E-state index in [9.17, 15) is 9.90 Å². The Morgan fingerprint density at radius 3 is 3.00 bits per heavy atom. The van der Waals surface area contributed by atoms with Gasteiger partial charge in [0.15, 0.2) is 0 Å². The lowest BCUT2D eigenvalue weighted by atomic mass is 9.96. The van der Waals surface area contributed by atoms with Gasteiger partial charge in [-0.3, -0.25) is 10.2 Å². The van der Waals surface area contributed by atoms with Crippen molar-refractivity contribution in [2.45, 2.75) is 26.2 Å². The Kier molecular flexibility index (Phi) is 4.32. The van der Waals surface area contributed by atoms with Crippen LogP contribution in [0.4, 0.5) is 0 Å². The molecule has 0 aromatic heterocycles. The van der Waals surface area contributed by atoms with E-state index in [-0.39, 0.29) is 11.3 Å². The van der Waals surface area contributed by atoms with E-state index in [4.69, 9.17) is 11.6 Å². The van der Waals surface area contributed by atoms with Crippen LogP contribution >= 0.6 is 11.6 Å². The highest BCUT2D eigenvalue weighted by Crippen LogP contribution is 2.22. The Morgan fingerprint density at radius 1 is 1.47 bits per heavy atom. The highest BCUT2D eigenvalue weighted by molar-refractivity contribution is 6.31. The quantitative estimate of drug-likeness (QED) is 0.746. The number of phenolic OH excluding ortho intramolecular Hbond substituents is 1. The summed E-state index contributed by atoms with van der Waals surface area (Å²) >= 11 is 5.81. The molecule has 1 amide bonds. The first kappa shape index (κ1) is 13.7. The third-order valence-electron chi connectivity index (χ3n) is 3.13. The van der Waals surface area contributed by atoms with Crippen molar-refractivity contribution in [3.8, 4) is 5.75 Å². The molecule has 0 aliphatic heterocycles. The number of carbonyl (C=O) groups excluding carboxylic acids is 1. The number of amides is 1. The van der Waals surface area contributed by atoms with Gasteiger partial charge >= 0.3 is 0 Å². The molecule has 1 unspecified atom stereocenters. The maximum atomic E-state index is 11.9. The number of hydrogen-bond donors (Lipinski definition) is 3. The van der Waals surface area contributed by atoms with Crippen LogP contribution in [0.15, 0.2) is 30.0 Å². The van der Waals surface area contributed by atoms with Gasteiger partial charge in [0.25, 0.3) is 5.91 Å². The number of benzene rings is 1. The van der Waals surface area contributed by atoms with Gasteiger partial charge in [0.1, 0.15) is 5.75 Å². The number of hydrazine groups is 1. The van der Waals surface area contributed by atoms with Crippen molar-refractivity contribution in [3.05, 3.63) is 40.6 Å². The van der Waals surface area contributed by atoms with Crippen molar-refractivity contribution in [2.75, 3.05) is 0 Å². The lowest BCUT2D eigenvalue weighted by molar-refractivity contribution is 0.0935. The van der Waals surface area contributed by atoms with Gasteiger partial charge in [-0.2, -0.15) is 0 Å². The summed E-state index contributed by atoms with van der Waals surface area (Å²) in [4.78, 5) is 11.9. The van der Waals surface area contributed by atoms with E-state index in [0.29, 0.717) is 10.9 Å². The summed E-state index contributed by atoms with van der Waals surface area (Å²) < 4.78 is 0. The van der Waals surface area contributed by atoms with Crippen LogP contribution in [-0.2, 0) is 0 Å². The van der Waals surface area contributed by atoms with E-state index in [2.05, 4.69) is 23.9 Å². The normalized spacial score (nSPS) is 18.6. The minimum absolute atomic E-state index is 0.0882. The van der Waals surface area contributed by atoms with Gasteiger partial charge in [-0.15, -0.1) is 0 Å². The highest BCUT2D eigenvalue weighted by atomic mass is 35.5. The zero-order chi connectivity index (χ0) is 13.8. The zero-order valence-corrected chi connectivity index (χ0v) is 11.5. The average Bonchev–Trinajstić information content (AvgIpc) is 2.39. The fourth-order valence-electron chi connectivity index (χ4n) is 2.12. The predicted molar refractivity (Wildman–Crippen MR) is 74.8 cm³/mol. The molecule has 5 heteroatoms. The molecular formula is C14H17ClN2O2. The molecule has 102 valence electrons. The molecule has 0 bridgehead atoms. The zero-order valence-electron chi connectivity index (χ0n) is 10.7. The third kappa shape index (κ3) is 3.64. The number of aromatic hydroxyl groups is 1. The van der Waals surface area contributed by atoms with E-state index >= 15 is 0 Å². The molecule has 19 heavy (non-hydrogen) atoms. The number of carbonyl (C=O) groups is 1. The molecule has 2 rings (SSSR count). The van der Waals surface area contributed by atoms with Gasteiger partial charge in [0.05, 0.1) is 5.56 Å². The molecule has 1 aliphatic carbocycles. The van der Waals surface area contributed by atoms with Crippen LogP contribution in [0.5, 0.6) is 5.75 Å². The molecule has 3 N–H and O–H groups in total. The Hall–Kier alpha value is -1.68. The second-order valence-corrected chi connectivity index (χ2v) is 5.24. The summed E-state index contributed by atoms with van der Waals surface area (Å²) in [5.41, 5.74) is 6.65. The molecule has 0 spiro atoms. The first-order valence-electron chi connectivity index (χ1n) is 6.32. The van der Waals surface area contributed by atoms with Gasteiger partial charge in [-0.05, 0) is 43.4 Å². The number of allylic oxidation sites excluding steroid dienone is 2. The van der Waals surface area contributed by atoms with Gasteiger partial charge in [-0.25, -0.2) is 0 Å². The Balaban J connectivity index is 1.99. The molecule has 0 saturated heterocycles. The third-order valence-corrected chi connectivity index (χ3v) is 3.37. The fraction of sp³-hybridized carbons (Fsp3) is 0.357. The summed E-state index contributed by atoms with van der Waals surface area (Å²) in [5, 5.41) is 10.0. The van der Waals surface area contributed by atoms with Crippen LogP contribution in [0.3, 0.4) is 0 Å². The van der Waals surface area contributed by atoms with Crippen LogP contribution in [0.2, 0.25) is 5.02 Å². The Morgan fingerprint density at radius 2 is 2.26 bits per heavy atom. The average molecular weight is 281 g/mol. The fourth-order valence-corrected chi connectivity index (χ4v) is 2.30. The number of phenols is 1. The van der Waals surface area contributed by atoms with Crippen LogP contribution < -0.4 is 10.9 Å². The van der Waals surface area contributed by atoms with Crippen LogP contribution in [0, 0.1) is 5.92 Å². The monoisotopic (exact) mass is 280 g/mol. The molecule has 1 aromatic rings. The van der Waals surface area contributed by atoms with Gasteiger partial charge in [-0.1, -0.05) is 24.6 Å². The standard InChI is InChI=1S/C14H17ClN2O2/c1-9-3-2-4-11(7-9)16-17-14(19)12-8-10(15)5-6-13(12)18/h5-9,16,18H,2-4H2,1H3,(H,17,19). The second kappa shape index (κ2) is 5.97. The summed E-state index contributed by atoms with van der Waals surface area (Å²) in [7, 11) is 0. The smallest absolute Gasteiger partial charge is 0.273 e. The number of halogens is 1. The molecule has 1 aliphatic rings. The minimum Gasteiger partial charge on any atom is -0.507 e. The molecule has 0 heterocycles. The largest absolute Gasteiger partial charge is 0.507 e. The summed E-state index contributed by atoms with van der Waals surface area (Å²) in [6, 6.07) is 4.37. The van der Waals surface area contributed by atoms with E-state index < -0.39 is 5.91 Å². The minimum atomic E-state index is -0.404. The van der Waals surface area contributed by atoms with Gasteiger partial charge < -0.3 is 10.5 Å². The first-order chi connectivity index (χ1) is 9.06. The highest BCUT2D eigenvalue weighted by Gasteiger charge is 2.13. The number of hydrogen-bond acceptors (Lipinski definition) is 3. The van der Waals surface area contributed by atoms with E-state index in [1.807, 2.05) is 0 Å². The molecule has 0 fully saturated rings. The predicted octanol–water partition coefficient (Wildman–Crippen LogP) is 2.98. The van der Waals surface area contributed by atoms with Gasteiger partial charge in [0, 0.05) is 10.7 Å². The van der Waals surface area contributed by atoms with E-state index in [1.54, 1.807) is 0 Å². The molecule has 1 atom stereocenters. The van der Waals surface area contributed by atoms with Crippen LogP contribution in [-0.4, -0.2) is 11.0 Å². The van der Waals surface area contributed by atoms with Crippen molar-refractivity contribution in [1.82, 2.24) is 10.9 Å². The van der Waals surface area contributed by atoms with E-state index in [1.165, 1.54) is 24.6 Å². The van der Waals surface area contributed by atoms with Crippen molar-refractivity contribution < 1.29 is 9.90 Å². The maximum Gasteiger partial charge on any atom is 0.273 e.